The molecule has 0 unspecified atom stereocenters. The Bertz CT molecular complexity index is 981. The van der Waals surface area contributed by atoms with E-state index in [2.05, 4.69) is 4.98 Å². The molecule has 0 fully saturated rings. The van der Waals surface area contributed by atoms with E-state index in [1.807, 2.05) is 6.07 Å². The molecular weight excluding hydrogens is 353 g/mol. The summed E-state index contributed by atoms with van der Waals surface area (Å²) < 4.78 is 19.7. The largest absolute Gasteiger partial charge is 0.487 e. The summed E-state index contributed by atoms with van der Waals surface area (Å²) in [4.78, 5) is 17.6. The fourth-order valence-corrected chi connectivity index (χ4v) is 3.18. The molecule has 26 heavy (non-hydrogen) atoms. The van der Waals surface area contributed by atoms with Crippen LogP contribution >= 0.6 is 11.3 Å². The van der Waals surface area contributed by atoms with Crippen LogP contribution in [0.25, 0.3) is 0 Å². The Morgan fingerprint density at radius 2 is 2.12 bits per heavy atom. The number of amides is 1. The number of halogens is 1. The van der Waals surface area contributed by atoms with Crippen LogP contribution in [0.5, 0.6) is 5.75 Å². The number of thiazole rings is 1. The second-order valence-electron chi connectivity index (χ2n) is 5.36. The van der Waals surface area contributed by atoms with E-state index < -0.39 is 5.82 Å². The summed E-state index contributed by atoms with van der Waals surface area (Å²) in [6.45, 7) is 1.53. The maximum absolute atomic E-state index is 14.1. The Kier molecular flexibility index (Phi) is 5.25. The van der Waals surface area contributed by atoms with Crippen LogP contribution in [0.1, 0.15) is 18.2 Å². The highest BCUT2D eigenvalue weighted by Crippen LogP contribution is 2.31. The molecule has 130 valence electrons. The topological polar surface area (TPSA) is 66.2 Å². The monoisotopic (exact) mass is 367 g/mol. The first-order chi connectivity index (χ1) is 12.6. The minimum absolute atomic E-state index is 0.156. The highest BCUT2D eigenvalue weighted by Gasteiger charge is 2.20. The molecule has 0 aliphatic carbocycles. The fraction of sp³-hybridized carbons (Fsp3) is 0.105. The number of rotatable bonds is 5. The molecule has 7 heteroatoms. The van der Waals surface area contributed by atoms with Crippen molar-refractivity contribution in [2.75, 3.05) is 4.90 Å². The van der Waals surface area contributed by atoms with Crippen LogP contribution < -0.4 is 9.64 Å². The van der Waals surface area contributed by atoms with E-state index in [0.717, 1.165) is 0 Å². The summed E-state index contributed by atoms with van der Waals surface area (Å²) >= 11 is 1.23. The first-order valence-electron chi connectivity index (χ1n) is 7.71. The van der Waals surface area contributed by atoms with E-state index in [1.165, 1.54) is 35.3 Å². The van der Waals surface area contributed by atoms with Gasteiger partial charge in [-0.3, -0.25) is 9.69 Å². The van der Waals surface area contributed by atoms with Gasteiger partial charge in [0.1, 0.15) is 18.2 Å². The SMILES string of the molecule is CC(=O)N(c1nc(COc2cccc(C#N)c2)cs1)c1ccccc1F. The second-order valence-corrected chi connectivity index (χ2v) is 6.19. The van der Waals surface area contributed by atoms with Gasteiger partial charge < -0.3 is 4.74 Å². The van der Waals surface area contributed by atoms with Crippen molar-refractivity contribution < 1.29 is 13.9 Å². The van der Waals surface area contributed by atoms with Gasteiger partial charge in [-0.2, -0.15) is 5.26 Å². The molecule has 5 nitrogen and oxygen atoms in total. The Balaban J connectivity index is 1.78. The number of ether oxygens (including phenoxy) is 1. The van der Waals surface area contributed by atoms with Crippen LogP contribution in [-0.4, -0.2) is 10.9 Å². The van der Waals surface area contributed by atoms with Gasteiger partial charge in [0.2, 0.25) is 5.91 Å². The minimum atomic E-state index is -0.496. The van der Waals surface area contributed by atoms with Crippen molar-refractivity contribution in [1.29, 1.82) is 5.26 Å². The van der Waals surface area contributed by atoms with Gasteiger partial charge in [-0.1, -0.05) is 18.2 Å². The van der Waals surface area contributed by atoms with E-state index in [-0.39, 0.29) is 18.2 Å². The van der Waals surface area contributed by atoms with Gasteiger partial charge in [0.05, 0.1) is 23.0 Å². The average molecular weight is 367 g/mol. The molecule has 0 aliphatic rings. The zero-order chi connectivity index (χ0) is 18.5. The number of carbonyl (C=O) groups is 1. The Hall–Kier alpha value is -3.24. The van der Waals surface area contributed by atoms with Gasteiger partial charge in [0.15, 0.2) is 5.13 Å². The van der Waals surface area contributed by atoms with Gasteiger partial charge in [-0.05, 0) is 30.3 Å². The highest BCUT2D eigenvalue weighted by atomic mass is 32.1. The molecule has 0 radical (unpaired) electrons. The van der Waals surface area contributed by atoms with Crippen LogP contribution in [0.2, 0.25) is 0 Å². The second kappa shape index (κ2) is 7.76. The fourth-order valence-electron chi connectivity index (χ4n) is 2.32. The summed E-state index contributed by atoms with van der Waals surface area (Å²) in [6.07, 6.45) is 0. The van der Waals surface area contributed by atoms with Gasteiger partial charge in [0, 0.05) is 12.3 Å². The molecule has 0 aliphatic heterocycles. The lowest BCUT2D eigenvalue weighted by molar-refractivity contribution is -0.115. The number of anilines is 2. The molecule has 0 bridgehead atoms. The molecule has 0 saturated carbocycles. The highest BCUT2D eigenvalue weighted by molar-refractivity contribution is 7.14. The molecule has 0 saturated heterocycles. The number of aromatic nitrogens is 1. The Morgan fingerprint density at radius 1 is 1.31 bits per heavy atom. The molecule has 1 heterocycles. The maximum Gasteiger partial charge on any atom is 0.230 e. The molecule has 2 aromatic carbocycles. The number of para-hydroxylation sites is 1. The lowest BCUT2D eigenvalue weighted by atomic mass is 10.2. The van der Waals surface area contributed by atoms with Crippen molar-refractivity contribution >= 4 is 28.1 Å². The molecule has 0 spiro atoms. The van der Waals surface area contributed by atoms with Crippen molar-refractivity contribution in [2.24, 2.45) is 0 Å². The zero-order valence-electron chi connectivity index (χ0n) is 13.8. The maximum atomic E-state index is 14.1. The third-order valence-electron chi connectivity index (χ3n) is 3.49. The number of carbonyl (C=O) groups excluding carboxylic acids is 1. The predicted octanol–water partition coefficient (Wildman–Crippen LogP) is 4.42. The summed E-state index contributed by atoms with van der Waals surface area (Å²) in [5.41, 5.74) is 1.27. The molecule has 0 N–H and O–H groups in total. The lowest BCUT2D eigenvalue weighted by Gasteiger charge is -2.18. The van der Waals surface area contributed by atoms with Crippen molar-refractivity contribution in [2.45, 2.75) is 13.5 Å². The number of hydrogen-bond donors (Lipinski definition) is 0. The third kappa shape index (κ3) is 3.87. The van der Waals surface area contributed by atoms with Gasteiger partial charge in [-0.15, -0.1) is 11.3 Å². The molecule has 3 rings (SSSR count). The number of benzene rings is 2. The lowest BCUT2D eigenvalue weighted by Crippen LogP contribution is -2.23. The van der Waals surface area contributed by atoms with E-state index in [1.54, 1.807) is 41.8 Å². The summed E-state index contributed by atoms with van der Waals surface area (Å²) in [5, 5.41) is 11.0. The predicted molar refractivity (Wildman–Crippen MR) is 96.8 cm³/mol. The van der Waals surface area contributed by atoms with Crippen molar-refractivity contribution in [3.05, 3.63) is 71.0 Å². The van der Waals surface area contributed by atoms with Crippen LogP contribution in [0, 0.1) is 17.1 Å². The van der Waals surface area contributed by atoms with E-state index >= 15 is 0 Å². The van der Waals surface area contributed by atoms with Crippen molar-refractivity contribution in [3.63, 3.8) is 0 Å². The number of nitrogens with zero attached hydrogens (tertiary/aromatic N) is 3. The Labute approximate surface area is 153 Å². The van der Waals surface area contributed by atoms with E-state index in [9.17, 15) is 9.18 Å². The van der Waals surface area contributed by atoms with E-state index in [4.69, 9.17) is 10.00 Å². The van der Waals surface area contributed by atoms with Crippen LogP contribution in [0.4, 0.5) is 15.2 Å². The van der Waals surface area contributed by atoms with Crippen molar-refractivity contribution in [1.82, 2.24) is 4.98 Å². The summed E-state index contributed by atoms with van der Waals surface area (Å²) in [6, 6.07) is 14.9. The first kappa shape index (κ1) is 17.6. The third-order valence-corrected chi connectivity index (χ3v) is 4.36. The number of hydrogen-bond acceptors (Lipinski definition) is 5. The standard InChI is InChI=1S/C19H14FN3O2S/c1-13(24)23(18-8-3-2-7-17(18)20)19-22-15(12-26-19)11-25-16-6-4-5-14(9-16)10-21/h2-9,12H,11H2,1H3. The van der Waals surface area contributed by atoms with Crippen molar-refractivity contribution in [3.8, 4) is 11.8 Å². The van der Waals surface area contributed by atoms with Gasteiger partial charge >= 0.3 is 0 Å². The smallest absolute Gasteiger partial charge is 0.230 e. The molecule has 0 atom stereocenters. The van der Waals surface area contributed by atoms with Crippen LogP contribution in [0.15, 0.2) is 53.9 Å². The first-order valence-corrected chi connectivity index (χ1v) is 8.59. The normalized spacial score (nSPS) is 10.2. The molecule has 1 aromatic heterocycles. The quantitative estimate of drug-likeness (QED) is 0.670. The van der Waals surface area contributed by atoms with E-state index in [0.29, 0.717) is 22.1 Å². The van der Waals surface area contributed by atoms with Gasteiger partial charge in [-0.25, -0.2) is 9.37 Å². The minimum Gasteiger partial charge on any atom is -0.487 e. The molecular formula is C19H14FN3O2S. The Morgan fingerprint density at radius 3 is 2.85 bits per heavy atom. The number of nitriles is 1. The average Bonchev–Trinajstić information content (AvgIpc) is 3.10. The molecule has 3 aromatic rings. The van der Waals surface area contributed by atoms with Gasteiger partial charge in [0.25, 0.3) is 0 Å². The zero-order valence-corrected chi connectivity index (χ0v) is 14.7. The van der Waals surface area contributed by atoms with Crippen LogP contribution in [-0.2, 0) is 11.4 Å². The summed E-state index contributed by atoms with van der Waals surface area (Å²) in [7, 11) is 0. The van der Waals surface area contributed by atoms with Crippen LogP contribution in [0.3, 0.4) is 0 Å². The molecule has 1 amide bonds. The summed E-state index contributed by atoms with van der Waals surface area (Å²) in [5.74, 6) is -0.279.